The van der Waals surface area contributed by atoms with E-state index in [1.165, 1.54) is 10.9 Å². The van der Waals surface area contributed by atoms with Gasteiger partial charge in [-0.2, -0.15) is 0 Å². The minimum absolute atomic E-state index is 0.428. The fourth-order valence-corrected chi connectivity index (χ4v) is 5.45. The van der Waals surface area contributed by atoms with E-state index in [0.717, 1.165) is 6.42 Å². The van der Waals surface area contributed by atoms with Gasteiger partial charge in [-0.05, 0) is 17.3 Å². The van der Waals surface area contributed by atoms with Crippen LogP contribution in [0.25, 0.3) is 0 Å². The second-order valence-electron chi connectivity index (χ2n) is 4.83. The Kier molecular flexibility index (Phi) is 5.38. The van der Waals surface area contributed by atoms with Gasteiger partial charge in [-0.25, -0.2) is 0 Å². The summed E-state index contributed by atoms with van der Waals surface area (Å²) in [6, 6.07) is 8.52. The molecule has 0 N–H and O–H groups in total. The molecule has 0 aliphatic carbocycles. The van der Waals surface area contributed by atoms with Crippen molar-refractivity contribution in [1.82, 2.24) is 0 Å². The van der Waals surface area contributed by atoms with Crippen molar-refractivity contribution in [2.24, 2.45) is 0 Å². The summed E-state index contributed by atoms with van der Waals surface area (Å²) in [6.45, 7) is 4.39. The molecule has 0 radical (unpaired) electrons. The van der Waals surface area contributed by atoms with Crippen LogP contribution >= 0.6 is 0 Å². The molecule has 102 valence electrons. The van der Waals surface area contributed by atoms with Gasteiger partial charge in [-0.1, -0.05) is 32.4 Å². The minimum atomic E-state index is -2.30. The number of nitrogens with zero attached hydrogens (tertiary/aromatic N) is 1. The highest BCUT2D eigenvalue weighted by Gasteiger charge is 2.43. The zero-order valence-electron chi connectivity index (χ0n) is 12.4. The van der Waals surface area contributed by atoms with Crippen LogP contribution in [0.1, 0.15) is 20.3 Å². The first-order valence-corrected chi connectivity index (χ1v) is 8.29. The average Bonchev–Trinajstić information content (AvgIpc) is 2.41. The molecule has 1 aromatic rings. The van der Waals surface area contributed by atoms with E-state index in [0.29, 0.717) is 5.54 Å². The standard InChI is InChI=1S/C14H25NO2Si/c1-7-12(2)18(16-5,17-6)14-10-8-13(9-11-14)15(3)4/h8-12H,7H2,1-6H3. The number of anilines is 1. The summed E-state index contributed by atoms with van der Waals surface area (Å²) in [5.74, 6) is 0. The summed E-state index contributed by atoms with van der Waals surface area (Å²) >= 11 is 0. The summed E-state index contributed by atoms with van der Waals surface area (Å²) in [5, 5.41) is 1.20. The van der Waals surface area contributed by atoms with Gasteiger partial charge in [0.25, 0.3) is 0 Å². The third kappa shape index (κ3) is 2.76. The molecule has 0 saturated carbocycles. The van der Waals surface area contributed by atoms with Gasteiger partial charge in [-0.3, -0.25) is 0 Å². The Morgan fingerprint density at radius 1 is 1.11 bits per heavy atom. The first kappa shape index (κ1) is 15.2. The molecular weight excluding hydrogens is 242 g/mol. The van der Waals surface area contributed by atoms with Gasteiger partial charge >= 0.3 is 8.56 Å². The fraction of sp³-hybridized carbons (Fsp3) is 0.571. The summed E-state index contributed by atoms with van der Waals surface area (Å²) in [5.41, 5.74) is 1.62. The number of hydrogen-bond acceptors (Lipinski definition) is 3. The Hall–Kier alpha value is -0.843. The van der Waals surface area contributed by atoms with E-state index in [9.17, 15) is 0 Å². The lowest BCUT2D eigenvalue weighted by atomic mass is 10.3. The van der Waals surface area contributed by atoms with Crippen LogP contribution in [0.2, 0.25) is 5.54 Å². The van der Waals surface area contributed by atoms with Gasteiger partial charge in [0.05, 0.1) is 0 Å². The molecule has 0 heterocycles. The number of hydrogen-bond donors (Lipinski definition) is 0. The fourth-order valence-electron chi connectivity index (χ4n) is 2.27. The van der Waals surface area contributed by atoms with Gasteiger partial charge in [0, 0.05) is 39.5 Å². The average molecular weight is 267 g/mol. The zero-order valence-corrected chi connectivity index (χ0v) is 13.4. The van der Waals surface area contributed by atoms with E-state index in [4.69, 9.17) is 8.85 Å². The quantitative estimate of drug-likeness (QED) is 0.739. The second-order valence-corrected chi connectivity index (χ2v) is 8.54. The molecule has 0 fully saturated rings. The molecule has 0 bridgehead atoms. The van der Waals surface area contributed by atoms with Crippen molar-refractivity contribution < 1.29 is 8.85 Å². The summed E-state index contributed by atoms with van der Waals surface area (Å²) in [4.78, 5) is 2.09. The van der Waals surface area contributed by atoms with E-state index < -0.39 is 8.56 Å². The molecule has 1 unspecified atom stereocenters. The van der Waals surface area contributed by atoms with Crippen LogP contribution in [0.3, 0.4) is 0 Å². The Morgan fingerprint density at radius 2 is 1.61 bits per heavy atom. The van der Waals surface area contributed by atoms with Gasteiger partial charge in [0.1, 0.15) is 0 Å². The third-order valence-corrected chi connectivity index (χ3v) is 7.71. The molecule has 1 aromatic carbocycles. The molecule has 0 saturated heterocycles. The van der Waals surface area contributed by atoms with Crippen molar-refractivity contribution >= 4 is 19.4 Å². The second kappa shape index (κ2) is 6.36. The topological polar surface area (TPSA) is 21.7 Å². The van der Waals surface area contributed by atoms with Crippen molar-refractivity contribution in [2.45, 2.75) is 25.8 Å². The molecule has 4 heteroatoms. The maximum Gasteiger partial charge on any atom is 0.374 e. The Morgan fingerprint density at radius 3 is 1.94 bits per heavy atom. The predicted molar refractivity (Wildman–Crippen MR) is 79.9 cm³/mol. The molecule has 1 rings (SSSR count). The highest BCUT2D eigenvalue weighted by atomic mass is 28.4. The first-order valence-electron chi connectivity index (χ1n) is 6.40. The third-order valence-electron chi connectivity index (χ3n) is 3.65. The Bertz CT molecular complexity index is 361. The number of rotatable bonds is 6. The molecule has 0 amide bonds. The Balaban J connectivity index is 3.14. The van der Waals surface area contributed by atoms with Crippen molar-refractivity contribution in [1.29, 1.82) is 0 Å². The van der Waals surface area contributed by atoms with Crippen LogP contribution in [0.5, 0.6) is 0 Å². The van der Waals surface area contributed by atoms with Gasteiger partial charge in [-0.15, -0.1) is 0 Å². The lowest BCUT2D eigenvalue weighted by Crippen LogP contribution is -2.55. The predicted octanol–water partition coefficient (Wildman–Crippen LogP) is 2.49. The van der Waals surface area contributed by atoms with E-state index >= 15 is 0 Å². The SMILES string of the molecule is CCC(C)[Si](OC)(OC)c1ccc(N(C)C)cc1. The van der Waals surface area contributed by atoms with Crippen LogP contribution in [0, 0.1) is 0 Å². The number of benzene rings is 1. The van der Waals surface area contributed by atoms with Crippen LogP contribution in [0.4, 0.5) is 5.69 Å². The van der Waals surface area contributed by atoms with Crippen molar-refractivity contribution in [3.05, 3.63) is 24.3 Å². The molecule has 3 nitrogen and oxygen atoms in total. The van der Waals surface area contributed by atoms with Crippen LogP contribution < -0.4 is 10.1 Å². The van der Waals surface area contributed by atoms with E-state index in [-0.39, 0.29) is 0 Å². The summed E-state index contributed by atoms with van der Waals surface area (Å²) in [7, 11) is 5.32. The molecular formula is C14H25NO2Si. The van der Waals surface area contributed by atoms with Crippen LogP contribution in [0.15, 0.2) is 24.3 Å². The highest BCUT2D eigenvalue weighted by molar-refractivity contribution is 6.82. The first-order chi connectivity index (χ1) is 8.51. The maximum absolute atomic E-state index is 5.83. The normalized spacial score (nSPS) is 13.4. The van der Waals surface area contributed by atoms with Gasteiger partial charge in [0.15, 0.2) is 0 Å². The molecule has 0 aromatic heterocycles. The minimum Gasteiger partial charge on any atom is -0.394 e. The van der Waals surface area contributed by atoms with E-state index in [1.807, 2.05) is 14.1 Å². The van der Waals surface area contributed by atoms with Crippen LogP contribution in [-0.4, -0.2) is 36.9 Å². The lowest BCUT2D eigenvalue weighted by molar-refractivity contribution is 0.245. The summed E-state index contributed by atoms with van der Waals surface area (Å²) < 4.78 is 11.7. The van der Waals surface area contributed by atoms with E-state index in [1.54, 1.807) is 14.2 Å². The van der Waals surface area contributed by atoms with Crippen molar-refractivity contribution in [2.75, 3.05) is 33.2 Å². The molecule has 0 aliphatic heterocycles. The molecule has 0 aliphatic rings. The smallest absolute Gasteiger partial charge is 0.374 e. The van der Waals surface area contributed by atoms with E-state index in [2.05, 4.69) is 43.0 Å². The zero-order chi connectivity index (χ0) is 13.8. The van der Waals surface area contributed by atoms with Crippen LogP contribution in [-0.2, 0) is 8.85 Å². The molecule has 18 heavy (non-hydrogen) atoms. The molecule has 0 spiro atoms. The van der Waals surface area contributed by atoms with Crippen molar-refractivity contribution in [3.8, 4) is 0 Å². The maximum atomic E-state index is 5.83. The van der Waals surface area contributed by atoms with Crippen molar-refractivity contribution in [3.63, 3.8) is 0 Å². The lowest BCUT2D eigenvalue weighted by Gasteiger charge is -2.33. The van der Waals surface area contributed by atoms with Gasteiger partial charge in [0.2, 0.25) is 0 Å². The monoisotopic (exact) mass is 267 g/mol. The Labute approximate surface area is 112 Å². The van der Waals surface area contributed by atoms with Gasteiger partial charge < -0.3 is 13.8 Å². The summed E-state index contributed by atoms with van der Waals surface area (Å²) in [6.07, 6.45) is 1.06. The largest absolute Gasteiger partial charge is 0.394 e. The molecule has 1 atom stereocenters. The highest BCUT2D eigenvalue weighted by Crippen LogP contribution is 2.26.